The molecule has 2 aromatic rings. The number of nitrogens with two attached hydrogens (primary N) is 1. The lowest BCUT2D eigenvalue weighted by atomic mass is 10.1. The van der Waals surface area contributed by atoms with Crippen molar-refractivity contribution >= 4 is 23.0 Å². The van der Waals surface area contributed by atoms with Crippen molar-refractivity contribution in [3.63, 3.8) is 0 Å². The Morgan fingerprint density at radius 2 is 2.00 bits per heavy atom. The summed E-state index contributed by atoms with van der Waals surface area (Å²) in [4.78, 5) is 13.9. The fourth-order valence-corrected chi connectivity index (χ4v) is 2.59. The number of para-hydroxylation sites is 2. The number of anilines is 3. The first-order valence-electron chi connectivity index (χ1n) is 6.65. The van der Waals surface area contributed by atoms with Crippen molar-refractivity contribution in [2.45, 2.75) is 13.5 Å². The summed E-state index contributed by atoms with van der Waals surface area (Å²) in [5.41, 5.74) is 10.9. The Hall–Kier alpha value is -2.33. The topological polar surface area (TPSA) is 58.4 Å². The molecular formula is C16H17N3O. The summed E-state index contributed by atoms with van der Waals surface area (Å²) in [6.45, 7) is 2.81. The highest BCUT2D eigenvalue weighted by Gasteiger charge is 2.24. The summed E-state index contributed by atoms with van der Waals surface area (Å²) in [6.07, 6.45) is 0. The van der Waals surface area contributed by atoms with Crippen LogP contribution >= 0.6 is 0 Å². The molecule has 3 N–H and O–H groups in total. The molecule has 102 valence electrons. The number of carbonyl (C=O) groups is 1. The summed E-state index contributed by atoms with van der Waals surface area (Å²) in [7, 11) is 0. The first kappa shape index (κ1) is 12.7. The highest BCUT2D eigenvalue weighted by atomic mass is 16.2. The van der Waals surface area contributed by atoms with Crippen LogP contribution in [0.25, 0.3) is 0 Å². The predicted octanol–water partition coefficient (Wildman–Crippen LogP) is 2.54. The number of hydrogen-bond acceptors (Lipinski definition) is 3. The van der Waals surface area contributed by atoms with Gasteiger partial charge in [0.1, 0.15) is 6.54 Å². The van der Waals surface area contributed by atoms with Gasteiger partial charge in [-0.05, 0) is 30.7 Å². The van der Waals surface area contributed by atoms with E-state index in [2.05, 4.69) is 11.4 Å². The molecule has 1 aliphatic rings. The minimum atomic E-state index is -0.00718. The largest absolute Gasteiger partial charge is 0.330 e. The van der Waals surface area contributed by atoms with Crippen molar-refractivity contribution in [3.8, 4) is 0 Å². The minimum Gasteiger partial charge on any atom is -0.330 e. The molecular weight excluding hydrogens is 250 g/mol. The third-order valence-electron chi connectivity index (χ3n) is 3.52. The Balaban J connectivity index is 2.13. The Kier molecular flexibility index (Phi) is 3.16. The second kappa shape index (κ2) is 4.98. The van der Waals surface area contributed by atoms with Crippen LogP contribution in [0.15, 0.2) is 42.5 Å². The molecule has 4 nitrogen and oxygen atoms in total. The van der Waals surface area contributed by atoms with Crippen LogP contribution in [-0.2, 0) is 11.3 Å². The van der Waals surface area contributed by atoms with Gasteiger partial charge in [0, 0.05) is 12.2 Å². The zero-order chi connectivity index (χ0) is 14.1. The number of carbonyl (C=O) groups excluding carboxylic acids is 1. The fraction of sp³-hybridized carbons (Fsp3) is 0.188. The molecule has 1 aliphatic heterocycles. The maximum Gasteiger partial charge on any atom is 0.244 e. The fourth-order valence-electron chi connectivity index (χ4n) is 2.59. The van der Waals surface area contributed by atoms with Crippen molar-refractivity contribution in [2.75, 3.05) is 16.8 Å². The summed E-state index contributed by atoms with van der Waals surface area (Å²) < 4.78 is 0. The molecule has 0 aliphatic carbocycles. The molecule has 1 amide bonds. The van der Waals surface area contributed by atoms with Crippen molar-refractivity contribution in [3.05, 3.63) is 53.6 Å². The van der Waals surface area contributed by atoms with E-state index in [4.69, 9.17) is 5.73 Å². The third kappa shape index (κ3) is 2.14. The van der Waals surface area contributed by atoms with E-state index in [0.717, 1.165) is 22.6 Å². The van der Waals surface area contributed by atoms with Gasteiger partial charge in [0.15, 0.2) is 0 Å². The molecule has 1 heterocycles. The second-order valence-electron chi connectivity index (χ2n) is 4.99. The molecule has 3 rings (SSSR count). The van der Waals surface area contributed by atoms with Crippen LogP contribution in [0.1, 0.15) is 11.1 Å². The SMILES string of the molecule is Cc1ccc(N2CC(=O)Nc3ccccc32)c(CN)c1. The molecule has 20 heavy (non-hydrogen) atoms. The summed E-state index contributed by atoms with van der Waals surface area (Å²) >= 11 is 0. The number of rotatable bonds is 2. The molecule has 4 heteroatoms. The Bertz CT molecular complexity index is 667. The standard InChI is InChI=1S/C16H17N3O/c1-11-6-7-14(12(8-11)9-17)19-10-16(20)18-13-4-2-3-5-15(13)19/h2-8H,9-10,17H2,1H3,(H,18,20). The van der Waals surface area contributed by atoms with Crippen LogP contribution in [0.3, 0.4) is 0 Å². The van der Waals surface area contributed by atoms with Crippen molar-refractivity contribution < 1.29 is 4.79 Å². The molecule has 0 fully saturated rings. The van der Waals surface area contributed by atoms with Gasteiger partial charge in [0.2, 0.25) is 5.91 Å². The van der Waals surface area contributed by atoms with E-state index in [-0.39, 0.29) is 5.91 Å². The molecule has 0 saturated heterocycles. The number of benzene rings is 2. The van der Waals surface area contributed by atoms with Gasteiger partial charge in [-0.2, -0.15) is 0 Å². The second-order valence-corrected chi connectivity index (χ2v) is 4.99. The zero-order valence-corrected chi connectivity index (χ0v) is 11.4. The first-order chi connectivity index (χ1) is 9.69. The van der Waals surface area contributed by atoms with E-state index in [1.807, 2.05) is 48.2 Å². The number of aryl methyl sites for hydroxylation is 1. The lowest BCUT2D eigenvalue weighted by Crippen LogP contribution is -2.35. The van der Waals surface area contributed by atoms with Gasteiger partial charge >= 0.3 is 0 Å². The third-order valence-corrected chi connectivity index (χ3v) is 3.52. The van der Waals surface area contributed by atoms with Crippen LogP contribution in [0.4, 0.5) is 17.1 Å². The molecule has 0 aromatic heterocycles. The van der Waals surface area contributed by atoms with Gasteiger partial charge in [-0.15, -0.1) is 0 Å². The van der Waals surface area contributed by atoms with E-state index in [1.54, 1.807) is 0 Å². The number of hydrogen-bond donors (Lipinski definition) is 2. The molecule has 0 bridgehead atoms. The highest BCUT2D eigenvalue weighted by Crippen LogP contribution is 2.36. The molecule has 0 unspecified atom stereocenters. The van der Waals surface area contributed by atoms with Crippen molar-refractivity contribution in [1.29, 1.82) is 0 Å². The van der Waals surface area contributed by atoms with E-state index < -0.39 is 0 Å². The molecule has 0 atom stereocenters. The van der Waals surface area contributed by atoms with Gasteiger partial charge in [-0.25, -0.2) is 0 Å². The monoisotopic (exact) mass is 267 g/mol. The number of nitrogens with zero attached hydrogens (tertiary/aromatic N) is 1. The van der Waals surface area contributed by atoms with Crippen LogP contribution < -0.4 is 16.0 Å². The summed E-state index contributed by atoms with van der Waals surface area (Å²) in [5, 5.41) is 2.90. The Morgan fingerprint density at radius 1 is 1.20 bits per heavy atom. The maximum absolute atomic E-state index is 11.9. The highest BCUT2D eigenvalue weighted by molar-refractivity contribution is 6.03. The lowest BCUT2D eigenvalue weighted by molar-refractivity contribution is -0.115. The molecule has 0 saturated carbocycles. The summed E-state index contributed by atoms with van der Waals surface area (Å²) in [5.74, 6) is -0.00718. The Morgan fingerprint density at radius 3 is 2.80 bits per heavy atom. The van der Waals surface area contributed by atoms with Gasteiger partial charge in [-0.3, -0.25) is 4.79 Å². The average molecular weight is 267 g/mol. The average Bonchev–Trinajstić information content (AvgIpc) is 2.46. The smallest absolute Gasteiger partial charge is 0.244 e. The molecule has 2 aromatic carbocycles. The predicted molar refractivity (Wildman–Crippen MR) is 81.1 cm³/mol. The van der Waals surface area contributed by atoms with Crippen LogP contribution in [0, 0.1) is 6.92 Å². The van der Waals surface area contributed by atoms with Crippen molar-refractivity contribution in [2.24, 2.45) is 5.73 Å². The van der Waals surface area contributed by atoms with Gasteiger partial charge < -0.3 is 16.0 Å². The van der Waals surface area contributed by atoms with Crippen LogP contribution in [-0.4, -0.2) is 12.5 Å². The van der Waals surface area contributed by atoms with Gasteiger partial charge in [-0.1, -0.05) is 29.8 Å². The lowest BCUT2D eigenvalue weighted by Gasteiger charge is -2.32. The summed E-state index contributed by atoms with van der Waals surface area (Å²) in [6, 6.07) is 14.0. The van der Waals surface area contributed by atoms with Gasteiger partial charge in [0.05, 0.1) is 11.4 Å². The maximum atomic E-state index is 11.9. The van der Waals surface area contributed by atoms with Crippen LogP contribution in [0.2, 0.25) is 0 Å². The van der Waals surface area contributed by atoms with E-state index >= 15 is 0 Å². The first-order valence-corrected chi connectivity index (χ1v) is 6.65. The number of nitrogens with one attached hydrogen (secondary N) is 1. The van der Waals surface area contributed by atoms with Crippen molar-refractivity contribution in [1.82, 2.24) is 0 Å². The van der Waals surface area contributed by atoms with Crippen LogP contribution in [0.5, 0.6) is 0 Å². The molecule has 0 spiro atoms. The number of amides is 1. The number of fused-ring (bicyclic) bond motifs is 1. The molecule has 0 radical (unpaired) electrons. The quantitative estimate of drug-likeness (QED) is 0.879. The Labute approximate surface area is 118 Å². The van der Waals surface area contributed by atoms with E-state index in [9.17, 15) is 4.79 Å². The zero-order valence-electron chi connectivity index (χ0n) is 11.4. The minimum absolute atomic E-state index is 0.00718. The van der Waals surface area contributed by atoms with E-state index in [1.165, 1.54) is 5.56 Å². The van der Waals surface area contributed by atoms with E-state index in [0.29, 0.717) is 13.1 Å². The normalized spacial score (nSPS) is 13.9. The van der Waals surface area contributed by atoms with Gasteiger partial charge in [0.25, 0.3) is 0 Å².